The first-order chi connectivity index (χ1) is 21.0. The lowest BCUT2D eigenvalue weighted by molar-refractivity contribution is -0.124. The van der Waals surface area contributed by atoms with Crippen molar-refractivity contribution in [3.8, 4) is 0 Å². The highest BCUT2D eigenvalue weighted by molar-refractivity contribution is 6.04. The van der Waals surface area contributed by atoms with E-state index >= 15 is 4.39 Å². The van der Waals surface area contributed by atoms with Crippen molar-refractivity contribution in [1.82, 2.24) is 25.8 Å². The first-order valence-corrected chi connectivity index (χ1v) is 16.1. The standard InChI is InChI=1S/C33H53F2N7O2/c1-6-7-8-9-10-26(34)19-38-23(4)29(31(36)39-22(2)3)32(43)40-28-21-37-20-27(35)30(28)24-11-13-25(14-12-24)33(44)42-17-15-41(5)16-18-42/h11-14,26-31,37,39H,2,6-10,15-21,36H2,1,3-5H3,(H,40,43)/b38-23+. The van der Waals surface area contributed by atoms with Gasteiger partial charge in [-0.05, 0) is 45.0 Å². The zero-order valence-electron chi connectivity index (χ0n) is 27.0. The Bertz CT molecular complexity index is 1110. The van der Waals surface area contributed by atoms with E-state index in [1.807, 2.05) is 11.9 Å². The third-order valence-corrected chi connectivity index (χ3v) is 8.60. The fraction of sp³-hybridized carbons (Fsp3) is 0.667. The maximum absolute atomic E-state index is 15.5. The Morgan fingerprint density at radius 2 is 1.80 bits per heavy atom. The number of likely N-dealkylation sites (N-methyl/N-ethyl adjacent to an activating group) is 1. The number of halogens is 2. The lowest BCUT2D eigenvalue weighted by Crippen LogP contribution is -2.59. The number of nitrogens with two attached hydrogens (primary N) is 1. The highest BCUT2D eigenvalue weighted by atomic mass is 19.1. The van der Waals surface area contributed by atoms with Crippen LogP contribution in [0.3, 0.4) is 0 Å². The molecule has 2 saturated heterocycles. The van der Waals surface area contributed by atoms with Crippen LogP contribution in [0.1, 0.15) is 74.7 Å². The highest BCUT2D eigenvalue weighted by Crippen LogP contribution is 2.29. The second-order valence-corrected chi connectivity index (χ2v) is 12.4. The molecule has 2 fully saturated rings. The number of piperazine rings is 1. The smallest absolute Gasteiger partial charge is 0.253 e. The van der Waals surface area contributed by atoms with Gasteiger partial charge in [0.05, 0.1) is 18.8 Å². The molecule has 3 rings (SSSR count). The topological polar surface area (TPSA) is 115 Å². The van der Waals surface area contributed by atoms with Crippen LogP contribution in [0, 0.1) is 5.92 Å². The molecule has 2 aliphatic rings. The van der Waals surface area contributed by atoms with Gasteiger partial charge < -0.3 is 31.5 Å². The summed E-state index contributed by atoms with van der Waals surface area (Å²) in [6.07, 6.45) is 1.17. The van der Waals surface area contributed by atoms with E-state index in [2.05, 4.69) is 39.3 Å². The number of allylic oxidation sites excluding steroid dienone is 1. The molecule has 0 aromatic heterocycles. The van der Waals surface area contributed by atoms with Crippen molar-refractivity contribution in [1.29, 1.82) is 0 Å². The average Bonchev–Trinajstić information content (AvgIpc) is 2.98. The molecule has 5 N–H and O–H groups in total. The molecule has 6 atom stereocenters. The molecule has 0 radical (unpaired) electrons. The van der Waals surface area contributed by atoms with Crippen molar-refractivity contribution in [3.05, 3.63) is 47.7 Å². The van der Waals surface area contributed by atoms with Gasteiger partial charge in [0.25, 0.3) is 5.91 Å². The maximum atomic E-state index is 15.5. The molecule has 0 bridgehead atoms. The number of alkyl halides is 2. The van der Waals surface area contributed by atoms with Crippen molar-refractivity contribution in [2.45, 2.75) is 83.3 Å². The van der Waals surface area contributed by atoms with Crippen molar-refractivity contribution in [2.75, 3.05) is 52.9 Å². The van der Waals surface area contributed by atoms with E-state index in [4.69, 9.17) is 5.73 Å². The minimum absolute atomic E-state index is 0.0373. The summed E-state index contributed by atoms with van der Waals surface area (Å²) in [5, 5.41) is 9.08. The zero-order chi connectivity index (χ0) is 32.2. The van der Waals surface area contributed by atoms with E-state index in [0.717, 1.165) is 38.8 Å². The van der Waals surface area contributed by atoms with Crippen LogP contribution in [0.4, 0.5) is 8.78 Å². The Labute approximate surface area is 262 Å². The average molecular weight is 618 g/mol. The molecule has 0 spiro atoms. The van der Waals surface area contributed by atoms with E-state index in [1.165, 1.54) is 0 Å². The number of benzene rings is 1. The minimum Gasteiger partial charge on any atom is -0.373 e. The molecule has 1 aromatic carbocycles. The number of unbranched alkanes of at least 4 members (excludes halogenated alkanes) is 3. The monoisotopic (exact) mass is 617 g/mol. The van der Waals surface area contributed by atoms with Gasteiger partial charge in [0.2, 0.25) is 5.91 Å². The summed E-state index contributed by atoms with van der Waals surface area (Å²) >= 11 is 0. The number of hydrogen-bond acceptors (Lipinski definition) is 7. The maximum Gasteiger partial charge on any atom is 0.253 e. The molecule has 246 valence electrons. The van der Waals surface area contributed by atoms with Crippen LogP contribution < -0.4 is 21.7 Å². The van der Waals surface area contributed by atoms with Crippen LogP contribution in [-0.2, 0) is 4.79 Å². The van der Waals surface area contributed by atoms with Gasteiger partial charge in [-0.1, -0.05) is 51.3 Å². The zero-order valence-corrected chi connectivity index (χ0v) is 27.0. The number of carbonyl (C=O) groups is 2. The summed E-state index contributed by atoms with van der Waals surface area (Å²) in [5.74, 6) is -2.00. The van der Waals surface area contributed by atoms with Gasteiger partial charge in [-0.25, -0.2) is 8.78 Å². The molecule has 2 amide bonds. The lowest BCUT2D eigenvalue weighted by atomic mass is 9.83. The van der Waals surface area contributed by atoms with Gasteiger partial charge in [0, 0.05) is 62.2 Å². The van der Waals surface area contributed by atoms with Crippen molar-refractivity contribution < 1.29 is 18.4 Å². The van der Waals surface area contributed by atoms with Gasteiger partial charge in [0.15, 0.2) is 0 Å². The highest BCUT2D eigenvalue weighted by Gasteiger charge is 2.38. The second kappa shape index (κ2) is 17.6. The fourth-order valence-electron chi connectivity index (χ4n) is 5.98. The summed E-state index contributed by atoms with van der Waals surface area (Å²) in [4.78, 5) is 35.2. The van der Waals surface area contributed by atoms with Crippen LogP contribution >= 0.6 is 0 Å². The number of nitrogens with zero attached hydrogens (tertiary/aromatic N) is 3. The number of aliphatic imine (C=N–C) groups is 1. The van der Waals surface area contributed by atoms with Crippen LogP contribution in [0.25, 0.3) is 0 Å². The second-order valence-electron chi connectivity index (χ2n) is 12.4. The van der Waals surface area contributed by atoms with Gasteiger partial charge in [0.1, 0.15) is 18.3 Å². The van der Waals surface area contributed by atoms with Gasteiger partial charge in [-0.15, -0.1) is 0 Å². The van der Waals surface area contributed by atoms with Crippen molar-refractivity contribution in [3.63, 3.8) is 0 Å². The Kier molecular flexibility index (Phi) is 14.2. The number of amides is 2. The van der Waals surface area contributed by atoms with Gasteiger partial charge in [-0.3, -0.25) is 14.6 Å². The van der Waals surface area contributed by atoms with E-state index < -0.39 is 42.3 Å². The summed E-state index contributed by atoms with van der Waals surface area (Å²) in [6, 6.07) is 6.47. The van der Waals surface area contributed by atoms with Crippen LogP contribution in [0.5, 0.6) is 0 Å². The summed E-state index contributed by atoms with van der Waals surface area (Å²) < 4.78 is 30.0. The minimum atomic E-state index is -1.26. The molecule has 1 aromatic rings. The lowest BCUT2D eigenvalue weighted by Gasteiger charge is -2.37. The first kappa shape index (κ1) is 35.6. The molecule has 44 heavy (non-hydrogen) atoms. The number of carbonyl (C=O) groups excluding carboxylic acids is 2. The summed E-state index contributed by atoms with van der Waals surface area (Å²) in [7, 11) is 2.04. The van der Waals surface area contributed by atoms with Crippen molar-refractivity contribution in [2.24, 2.45) is 16.6 Å². The first-order valence-electron chi connectivity index (χ1n) is 16.1. The summed E-state index contributed by atoms with van der Waals surface area (Å²) in [5.41, 5.74) is 8.64. The quantitative estimate of drug-likeness (QED) is 0.136. The third kappa shape index (κ3) is 10.3. The largest absolute Gasteiger partial charge is 0.373 e. The third-order valence-electron chi connectivity index (χ3n) is 8.60. The molecule has 0 saturated carbocycles. The van der Waals surface area contributed by atoms with Gasteiger partial charge >= 0.3 is 0 Å². The molecular weight excluding hydrogens is 564 g/mol. The molecule has 2 aliphatic heterocycles. The fourth-order valence-corrected chi connectivity index (χ4v) is 5.98. The van der Waals surface area contributed by atoms with Crippen molar-refractivity contribution >= 4 is 17.5 Å². The Hall–Kier alpha value is -2.89. The van der Waals surface area contributed by atoms with Crippen LogP contribution in [0.2, 0.25) is 0 Å². The summed E-state index contributed by atoms with van der Waals surface area (Å²) in [6.45, 7) is 12.8. The van der Waals surface area contributed by atoms with Gasteiger partial charge in [-0.2, -0.15) is 0 Å². The Morgan fingerprint density at radius 1 is 1.11 bits per heavy atom. The molecule has 11 heteroatoms. The predicted molar refractivity (Wildman–Crippen MR) is 173 cm³/mol. The van der Waals surface area contributed by atoms with E-state index in [-0.39, 0.29) is 19.0 Å². The number of piperidine rings is 1. The molecule has 6 unspecified atom stereocenters. The predicted octanol–water partition coefficient (Wildman–Crippen LogP) is 3.38. The molecular formula is C33H53F2N7O2. The van der Waals surface area contributed by atoms with Crippen LogP contribution in [0.15, 0.2) is 41.5 Å². The van der Waals surface area contributed by atoms with Crippen LogP contribution in [-0.4, -0.2) is 105 Å². The normalized spacial score (nSPS) is 23.5. The number of rotatable bonds is 15. The molecule has 9 nitrogen and oxygen atoms in total. The molecule has 2 heterocycles. The Balaban J connectivity index is 1.73. The van der Waals surface area contributed by atoms with E-state index in [9.17, 15) is 14.0 Å². The number of hydrogen-bond donors (Lipinski definition) is 4. The Morgan fingerprint density at radius 3 is 2.43 bits per heavy atom. The SMILES string of the molecule is C=C(C)NC(N)C(C(=O)NC1CNCC(F)C1c1ccc(C(=O)N2CCN(C)CC2)cc1)/C(C)=N/CC(F)CCCCCC. The molecule has 0 aliphatic carbocycles. The van der Waals surface area contributed by atoms with E-state index in [0.29, 0.717) is 48.6 Å². The van der Waals surface area contributed by atoms with E-state index in [1.54, 1.807) is 38.1 Å². The number of nitrogens with one attached hydrogen (secondary N) is 3.